The maximum Gasteiger partial charge on any atom is 0.0897 e. The Labute approximate surface area is 145 Å². The van der Waals surface area contributed by atoms with Gasteiger partial charge in [-0.05, 0) is 61.9 Å². The van der Waals surface area contributed by atoms with Crippen molar-refractivity contribution in [1.29, 1.82) is 0 Å². The molecule has 0 saturated heterocycles. The predicted octanol–water partition coefficient (Wildman–Crippen LogP) is 4.94. The zero-order chi connectivity index (χ0) is 16.4. The summed E-state index contributed by atoms with van der Waals surface area (Å²) in [5.41, 5.74) is 1.40. The normalized spacial score (nSPS) is 24.7. The largest absolute Gasteiger partial charge is 0.307 e. The van der Waals surface area contributed by atoms with E-state index in [2.05, 4.69) is 40.5 Å². The smallest absolute Gasteiger partial charge is 0.0897 e. The van der Waals surface area contributed by atoms with Gasteiger partial charge in [-0.15, -0.1) is 0 Å². The molecule has 0 radical (unpaired) electrons. The lowest BCUT2D eigenvalue weighted by Crippen LogP contribution is -2.46. The van der Waals surface area contributed by atoms with Crippen LogP contribution >= 0.6 is 11.8 Å². The predicted molar refractivity (Wildman–Crippen MR) is 96.4 cm³/mol. The summed E-state index contributed by atoms with van der Waals surface area (Å²) < 4.78 is 12.8. The SMILES string of the molecule is FCCC1CCCC(NCCCCCNCl)(c2ccccc2)C1. The Morgan fingerprint density at radius 2 is 1.91 bits per heavy atom. The lowest BCUT2D eigenvalue weighted by molar-refractivity contribution is 0.164. The molecule has 0 spiro atoms. The first-order chi connectivity index (χ1) is 11.3. The Morgan fingerprint density at radius 3 is 2.65 bits per heavy atom. The van der Waals surface area contributed by atoms with E-state index in [1.807, 2.05) is 0 Å². The van der Waals surface area contributed by atoms with Gasteiger partial charge < -0.3 is 5.32 Å². The second-order valence-corrected chi connectivity index (χ2v) is 7.03. The molecule has 0 aromatic heterocycles. The molecule has 2 rings (SSSR count). The number of hydrogen-bond acceptors (Lipinski definition) is 2. The minimum Gasteiger partial charge on any atom is -0.307 e. The molecule has 2 N–H and O–H groups in total. The summed E-state index contributed by atoms with van der Waals surface area (Å²) in [5, 5.41) is 3.84. The van der Waals surface area contributed by atoms with Gasteiger partial charge in [0.1, 0.15) is 0 Å². The zero-order valence-corrected chi connectivity index (χ0v) is 14.8. The number of benzene rings is 1. The molecule has 2 unspecified atom stereocenters. The summed E-state index contributed by atoms with van der Waals surface area (Å²) in [4.78, 5) is 2.68. The molecule has 1 aromatic carbocycles. The highest BCUT2D eigenvalue weighted by molar-refractivity contribution is 6.13. The molecule has 2 atom stereocenters. The number of nitrogens with one attached hydrogen (secondary N) is 2. The van der Waals surface area contributed by atoms with Crippen molar-refractivity contribution in [2.45, 2.75) is 56.9 Å². The summed E-state index contributed by atoms with van der Waals surface area (Å²) >= 11 is 5.49. The average Bonchev–Trinajstić information content (AvgIpc) is 2.59. The molecule has 1 aliphatic carbocycles. The van der Waals surface area contributed by atoms with Gasteiger partial charge in [0, 0.05) is 12.1 Å². The van der Waals surface area contributed by atoms with Crippen LogP contribution in [0.2, 0.25) is 0 Å². The third-order valence-corrected chi connectivity index (χ3v) is 5.30. The summed E-state index contributed by atoms with van der Waals surface area (Å²) in [7, 11) is 0. The van der Waals surface area contributed by atoms with E-state index in [9.17, 15) is 4.39 Å². The lowest BCUT2D eigenvalue weighted by Gasteiger charge is -2.42. The van der Waals surface area contributed by atoms with E-state index in [1.165, 1.54) is 24.8 Å². The summed E-state index contributed by atoms with van der Waals surface area (Å²) in [6.07, 6.45) is 8.70. The van der Waals surface area contributed by atoms with Crippen molar-refractivity contribution < 1.29 is 4.39 Å². The first-order valence-corrected chi connectivity index (χ1v) is 9.38. The van der Waals surface area contributed by atoms with Crippen LogP contribution < -0.4 is 10.2 Å². The number of halogens is 2. The number of rotatable bonds is 10. The van der Waals surface area contributed by atoms with Crippen LogP contribution in [0, 0.1) is 5.92 Å². The van der Waals surface area contributed by atoms with Crippen molar-refractivity contribution in [2.24, 2.45) is 5.92 Å². The fourth-order valence-corrected chi connectivity index (χ4v) is 4.03. The monoisotopic (exact) mass is 340 g/mol. The molecule has 0 aliphatic heterocycles. The quantitative estimate of drug-likeness (QED) is 0.466. The molecular weight excluding hydrogens is 311 g/mol. The second kappa shape index (κ2) is 10.3. The number of alkyl halides is 1. The lowest BCUT2D eigenvalue weighted by atomic mass is 9.71. The highest BCUT2D eigenvalue weighted by atomic mass is 35.5. The molecule has 1 aromatic rings. The Morgan fingerprint density at radius 1 is 1.13 bits per heavy atom. The van der Waals surface area contributed by atoms with Gasteiger partial charge in [0.2, 0.25) is 0 Å². The Hall–Kier alpha value is -0.640. The topological polar surface area (TPSA) is 24.1 Å². The summed E-state index contributed by atoms with van der Waals surface area (Å²) in [6.45, 7) is 1.68. The summed E-state index contributed by atoms with van der Waals surface area (Å²) in [6, 6.07) is 10.7. The molecule has 1 saturated carbocycles. The number of hydrogen-bond donors (Lipinski definition) is 2. The molecule has 2 nitrogen and oxygen atoms in total. The highest BCUT2D eigenvalue weighted by Crippen LogP contribution is 2.41. The maximum atomic E-state index is 12.8. The van der Waals surface area contributed by atoms with Gasteiger partial charge in [0.25, 0.3) is 0 Å². The van der Waals surface area contributed by atoms with E-state index in [-0.39, 0.29) is 12.2 Å². The van der Waals surface area contributed by atoms with Crippen LogP contribution in [0.15, 0.2) is 30.3 Å². The van der Waals surface area contributed by atoms with Crippen molar-refractivity contribution in [1.82, 2.24) is 10.2 Å². The third-order valence-electron chi connectivity index (χ3n) is 5.11. The van der Waals surface area contributed by atoms with Crippen molar-refractivity contribution in [2.75, 3.05) is 19.8 Å². The number of unbranched alkanes of at least 4 members (excludes halogenated alkanes) is 2. The van der Waals surface area contributed by atoms with E-state index in [1.54, 1.807) is 0 Å². The highest BCUT2D eigenvalue weighted by Gasteiger charge is 2.36. The minimum atomic E-state index is -0.193. The second-order valence-electron chi connectivity index (χ2n) is 6.76. The Bertz CT molecular complexity index is 427. The third kappa shape index (κ3) is 5.74. The van der Waals surface area contributed by atoms with Crippen LogP contribution in [0.1, 0.15) is 56.9 Å². The van der Waals surface area contributed by atoms with E-state index in [0.29, 0.717) is 12.3 Å². The zero-order valence-electron chi connectivity index (χ0n) is 14.0. The van der Waals surface area contributed by atoms with Gasteiger partial charge >= 0.3 is 0 Å². The van der Waals surface area contributed by atoms with Crippen molar-refractivity contribution in [3.63, 3.8) is 0 Å². The standard InChI is InChI=1S/C19H30ClFN2/c20-23-15-6-2-5-14-22-19(18-9-3-1-4-10-18)12-7-8-17(16-19)11-13-21/h1,3-4,9-10,17,22-23H,2,5-8,11-16H2. The summed E-state index contributed by atoms with van der Waals surface area (Å²) in [5.74, 6) is 0.502. The van der Waals surface area contributed by atoms with Crippen molar-refractivity contribution >= 4 is 11.8 Å². The van der Waals surface area contributed by atoms with Crippen LogP contribution in [0.4, 0.5) is 4.39 Å². The fraction of sp³-hybridized carbons (Fsp3) is 0.684. The molecule has 0 heterocycles. The first-order valence-electron chi connectivity index (χ1n) is 9.01. The van der Waals surface area contributed by atoms with E-state index in [4.69, 9.17) is 11.8 Å². The van der Waals surface area contributed by atoms with Crippen LogP contribution in [0.5, 0.6) is 0 Å². The first kappa shape index (κ1) is 18.7. The van der Waals surface area contributed by atoms with Crippen LogP contribution in [0.3, 0.4) is 0 Å². The van der Waals surface area contributed by atoms with Gasteiger partial charge in [-0.1, -0.05) is 49.6 Å². The molecule has 130 valence electrons. The minimum absolute atomic E-state index is 0.0318. The van der Waals surface area contributed by atoms with Gasteiger partial charge in [-0.2, -0.15) is 0 Å². The van der Waals surface area contributed by atoms with Crippen molar-refractivity contribution in [3.8, 4) is 0 Å². The van der Waals surface area contributed by atoms with E-state index < -0.39 is 0 Å². The molecule has 0 bridgehead atoms. The van der Waals surface area contributed by atoms with Gasteiger partial charge in [-0.25, -0.2) is 4.84 Å². The fourth-order valence-electron chi connectivity index (χ4n) is 3.89. The molecule has 0 amide bonds. The molecule has 1 aliphatic rings. The van der Waals surface area contributed by atoms with E-state index >= 15 is 0 Å². The molecule has 23 heavy (non-hydrogen) atoms. The molecule has 4 heteroatoms. The van der Waals surface area contributed by atoms with E-state index in [0.717, 1.165) is 38.8 Å². The maximum absolute atomic E-state index is 12.8. The average molecular weight is 341 g/mol. The van der Waals surface area contributed by atoms with Gasteiger partial charge in [-0.3, -0.25) is 4.39 Å². The van der Waals surface area contributed by atoms with Gasteiger partial charge in [0.05, 0.1) is 6.67 Å². The van der Waals surface area contributed by atoms with Crippen molar-refractivity contribution in [3.05, 3.63) is 35.9 Å². The van der Waals surface area contributed by atoms with Crippen LogP contribution in [0.25, 0.3) is 0 Å². The van der Waals surface area contributed by atoms with Crippen LogP contribution in [-0.2, 0) is 5.54 Å². The molecular formula is C19H30ClFN2. The van der Waals surface area contributed by atoms with Crippen LogP contribution in [-0.4, -0.2) is 19.8 Å². The Balaban J connectivity index is 1.97. The van der Waals surface area contributed by atoms with Gasteiger partial charge in [0.15, 0.2) is 0 Å². The Kier molecular flexibility index (Phi) is 8.35. The molecule has 1 fully saturated rings.